The summed E-state index contributed by atoms with van der Waals surface area (Å²) < 4.78 is 17.9. The topological polar surface area (TPSA) is 73.3 Å². The zero-order valence-corrected chi connectivity index (χ0v) is 16.4. The SMILES string of the molecule is Cc1c(-c2nc(Cc3ccccc3)no2)oc2cccc(OC3CCNCC3)c12. The Morgan fingerprint density at radius 3 is 2.72 bits per heavy atom. The number of aryl methyl sites for hydroxylation is 1. The Morgan fingerprint density at radius 1 is 1.07 bits per heavy atom. The Labute approximate surface area is 168 Å². The molecule has 29 heavy (non-hydrogen) atoms. The van der Waals surface area contributed by atoms with Crippen molar-refractivity contribution in [1.29, 1.82) is 0 Å². The number of rotatable bonds is 5. The van der Waals surface area contributed by atoms with Crippen molar-refractivity contribution in [3.63, 3.8) is 0 Å². The number of fused-ring (bicyclic) bond motifs is 1. The van der Waals surface area contributed by atoms with E-state index in [0.717, 1.165) is 53.8 Å². The summed E-state index contributed by atoms with van der Waals surface area (Å²) in [6.07, 6.45) is 2.85. The van der Waals surface area contributed by atoms with E-state index in [1.165, 1.54) is 0 Å². The average Bonchev–Trinajstić information content (AvgIpc) is 3.34. The summed E-state index contributed by atoms with van der Waals surface area (Å²) in [5.74, 6) is 2.49. The number of piperidine rings is 1. The monoisotopic (exact) mass is 389 g/mol. The second-order valence-corrected chi connectivity index (χ2v) is 7.43. The highest BCUT2D eigenvalue weighted by atomic mass is 16.5. The molecular formula is C23H23N3O3. The first-order valence-electron chi connectivity index (χ1n) is 10.0. The van der Waals surface area contributed by atoms with E-state index in [2.05, 4.69) is 15.5 Å². The fourth-order valence-corrected chi connectivity index (χ4v) is 3.86. The van der Waals surface area contributed by atoms with Gasteiger partial charge in [0.05, 0.1) is 5.39 Å². The molecule has 1 fully saturated rings. The lowest BCUT2D eigenvalue weighted by molar-refractivity contribution is 0.164. The second kappa shape index (κ2) is 7.72. The molecule has 0 atom stereocenters. The summed E-state index contributed by atoms with van der Waals surface area (Å²) in [4.78, 5) is 4.56. The largest absolute Gasteiger partial charge is 0.490 e. The summed E-state index contributed by atoms with van der Waals surface area (Å²) >= 11 is 0. The third-order valence-electron chi connectivity index (χ3n) is 5.36. The average molecular weight is 389 g/mol. The van der Waals surface area contributed by atoms with Crippen LogP contribution in [0.5, 0.6) is 5.75 Å². The van der Waals surface area contributed by atoms with Crippen LogP contribution in [0.25, 0.3) is 22.6 Å². The quantitative estimate of drug-likeness (QED) is 0.541. The van der Waals surface area contributed by atoms with Crippen molar-refractivity contribution in [2.24, 2.45) is 0 Å². The normalized spacial score (nSPS) is 15.1. The van der Waals surface area contributed by atoms with E-state index >= 15 is 0 Å². The van der Waals surface area contributed by atoms with Crippen LogP contribution in [0.2, 0.25) is 0 Å². The molecule has 4 aromatic rings. The Morgan fingerprint density at radius 2 is 1.90 bits per heavy atom. The van der Waals surface area contributed by atoms with Crippen LogP contribution >= 0.6 is 0 Å². The van der Waals surface area contributed by atoms with Gasteiger partial charge in [-0.25, -0.2) is 0 Å². The van der Waals surface area contributed by atoms with Gasteiger partial charge in [-0.2, -0.15) is 4.98 Å². The van der Waals surface area contributed by atoms with Gasteiger partial charge in [-0.05, 0) is 50.6 Å². The van der Waals surface area contributed by atoms with Crippen LogP contribution in [-0.2, 0) is 6.42 Å². The first-order chi connectivity index (χ1) is 14.3. The van der Waals surface area contributed by atoms with Crippen LogP contribution in [0.3, 0.4) is 0 Å². The maximum atomic E-state index is 6.32. The molecule has 2 aromatic heterocycles. The van der Waals surface area contributed by atoms with Gasteiger partial charge in [0.1, 0.15) is 17.4 Å². The zero-order valence-electron chi connectivity index (χ0n) is 16.4. The molecule has 3 heterocycles. The van der Waals surface area contributed by atoms with Crippen molar-refractivity contribution < 1.29 is 13.7 Å². The third-order valence-corrected chi connectivity index (χ3v) is 5.36. The lowest BCUT2D eigenvalue weighted by atomic mass is 10.1. The molecule has 0 spiro atoms. The Kier molecular flexibility index (Phi) is 4.77. The van der Waals surface area contributed by atoms with Crippen molar-refractivity contribution >= 4 is 11.0 Å². The summed E-state index contributed by atoms with van der Waals surface area (Å²) in [5.41, 5.74) is 2.87. The van der Waals surface area contributed by atoms with Gasteiger partial charge < -0.3 is 19.0 Å². The van der Waals surface area contributed by atoms with Gasteiger partial charge in [0, 0.05) is 12.0 Å². The van der Waals surface area contributed by atoms with Crippen molar-refractivity contribution in [2.75, 3.05) is 13.1 Å². The van der Waals surface area contributed by atoms with Gasteiger partial charge in [0.25, 0.3) is 5.89 Å². The van der Waals surface area contributed by atoms with Crippen LogP contribution in [0, 0.1) is 6.92 Å². The highest BCUT2D eigenvalue weighted by Crippen LogP contribution is 2.38. The highest BCUT2D eigenvalue weighted by molar-refractivity contribution is 5.91. The summed E-state index contributed by atoms with van der Waals surface area (Å²) in [7, 11) is 0. The fourth-order valence-electron chi connectivity index (χ4n) is 3.86. The van der Waals surface area contributed by atoms with E-state index in [1.54, 1.807) is 0 Å². The fraction of sp³-hybridized carbons (Fsp3) is 0.304. The molecule has 1 aliphatic heterocycles. The van der Waals surface area contributed by atoms with E-state index in [9.17, 15) is 0 Å². The molecule has 6 nitrogen and oxygen atoms in total. The predicted molar refractivity (Wildman–Crippen MR) is 110 cm³/mol. The first-order valence-corrected chi connectivity index (χ1v) is 10.0. The molecule has 6 heteroatoms. The summed E-state index contributed by atoms with van der Waals surface area (Å²) in [6, 6.07) is 16.0. The number of hydrogen-bond donors (Lipinski definition) is 1. The number of benzene rings is 2. The van der Waals surface area contributed by atoms with Crippen LogP contribution in [0.15, 0.2) is 57.5 Å². The molecule has 1 N–H and O–H groups in total. The van der Waals surface area contributed by atoms with Gasteiger partial charge in [-0.3, -0.25) is 0 Å². The van der Waals surface area contributed by atoms with Crippen molar-refractivity contribution in [1.82, 2.24) is 15.5 Å². The summed E-state index contributed by atoms with van der Waals surface area (Å²) in [5, 5.41) is 8.47. The molecule has 1 aliphatic rings. The van der Waals surface area contributed by atoms with Crippen LogP contribution in [0.4, 0.5) is 0 Å². The molecule has 0 saturated carbocycles. The molecule has 0 bridgehead atoms. The number of nitrogens with one attached hydrogen (secondary N) is 1. The van der Waals surface area contributed by atoms with Gasteiger partial charge in [0.2, 0.25) is 0 Å². The van der Waals surface area contributed by atoms with Crippen LogP contribution in [0.1, 0.15) is 29.8 Å². The van der Waals surface area contributed by atoms with Gasteiger partial charge in [-0.1, -0.05) is 41.6 Å². The molecule has 1 saturated heterocycles. The van der Waals surface area contributed by atoms with Crippen molar-refractivity contribution in [2.45, 2.75) is 32.3 Å². The van der Waals surface area contributed by atoms with Crippen LogP contribution < -0.4 is 10.1 Å². The maximum Gasteiger partial charge on any atom is 0.293 e. The molecule has 0 radical (unpaired) electrons. The number of aromatic nitrogens is 2. The van der Waals surface area contributed by atoms with E-state index < -0.39 is 0 Å². The first kappa shape index (κ1) is 17.9. The lowest BCUT2D eigenvalue weighted by Gasteiger charge is -2.24. The number of hydrogen-bond acceptors (Lipinski definition) is 6. The number of ether oxygens (including phenoxy) is 1. The summed E-state index contributed by atoms with van der Waals surface area (Å²) in [6.45, 7) is 3.99. The van der Waals surface area contributed by atoms with E-state index in [1.807, 2.05) is 55.5 Å². The molecule has 0 aliphatic carbocycles. The van der Waals surface area contributed by atoms with Crippen molar-refractivity contribution in [3.05, 3.63) is 65.5 Å². The van der Waals surface area contributed by atoms with E-state index in [-0.39, 0.29) is 6.10 Å². The second-order valence-electron chi connectivity index (χ2n) is 7.43. The Hall–Kier alpha value is -3.12. The van der Waals surface area contributed by atoms with Crippen LogP contribution in [-0.4, -0.2) is 29.3 Å². The lowest BCUT2D eigenvalue weighted by Crippen LogP contribution is -2.34. The van der Waals surface area contributed by atoms with Gasteiger partial charge in [-0.15, -0.1) is 0 Å². The molecule has 148 valence electrons. The third kappa shape index (κ3) is 3.63. The molecule has 2 aromatic carbocycles. The molecule has 5 rings (SSSR count). The van der Waals surface area contributed by atoms with Gasteiger partial charge in [0.15, 0.2) is 11.6 Å². The smallest absolute Gasteiger partial charge is 0.293 e. The van der Waals surface area contributed by atoms with Crippen molar-refractivity contribution in [3.8, 4) is 17.4 Å². The minimum atomic E-state index is 0.223. The highest BCUT2D eigenvalue weighted by Gasteiger charge is 2.23. The van der Waals surface area contributed by atoms with E-state index in [0.29, 0.717) is 23.9 Å². The Bertz CT molecular complexity index is 1110. The minimum absolute atomic E-state index is 0.223. The molecular weight excluding hydrogens is 366 g/mol. The molecule has 0 amide bonds. The number of nitrogens with zero attached hydrogens (tertiary/aromatic N) is 2. The Balaban J connectivity index is 1.45. The van der Waals surface area contributed by atoms with E-state index in [4.69, 9.17) is 13.7 Å². The molecule has 0 unspecified atom stereocenters. The maximum absolute atomic E-state index is 6.32. The predicted octanol–water partition coefficient (Wildman–Crippen LogP) is 4.51. The van der Waals surface area contributed by atoms with Gasteiger partial charge >= 0.3 is 0 Å². The minimum Gasteiger partial charge on any atom is -0.490 e. The standard InChI is InChI=1S/C23H23N3O3/c1-15-21-18(27-17-10-12-24-13-11-17)8-5-9-19(21)28-22(15)23-25-20(26-29-23)14-16-6-3-2-4-7-16/h2-9,17,24H,10-14H2,1H3. The zero-order chi connectivity index (χ0) is 19.6. The number of furan rings is 1.